The summed E-state index contributed by atoms with van der Waals surface area (Å²) < 4.78 is 16.0. The number of pyridine rings is 1. The van der Waals surface area contributed by atoms with Crippen molar-refractivity contribution in [1.29, 1.82) is 0 Å². The molecule has 1 aliphatic rings. The van der Waals surface area contributed by atoms with Crippen LogP contribution in [0.4, 0.5) is 10.1 Å². The Kier molecular flexibility index (Phi) is 4.62. The highest BCUT2D eigenvalue weighted by Crippen LogP contribution is 2.40. The van der Waals surface area contributed by atoms with E-state index >= 15 is 0 Å². The number of aryl methyl sites for hydroxylation is 1. The molecule has 1 saturated carbocycles. The number of halogens is 2. The molecule has 0 atom stereocenters. The normalized spacial score (nSPS) is 13.7. The first kappa shape index (κ1) is 18.5. The van der Waals surface area contributed by atoms with Crippen LogP contribution in [-0.2, 0) is 6.54 Å². The summed E-state index contributed by atoms with van der Waals surface area (Å²) in [4.78, 5) is 44.3. The number of H-pyrrole nitrogens is 1. The Morgan fingerprint density at radius 3 is 2.75 bits per heavy atom. The monoisotopic (exact) mass is 446 g/mol. The number of rotatable bonds is 4. The fraction of sp³-hybridized carbons (Fsp3) is 0.263. The average molecular weight is 447 g/mol. The molecule has 0 spiro atoms. The lowest BCUT2D eigenvalue weighted by Gasteiger charge is -2.13. The molecule has 4 rings (SSSR count). The first-order valence-electron chi connectivity index (χ1n) is 8.83. The summed E-state index contributed by atoms with van der Waals surface area (Å²) in [6, 6.07) is 5.82. The number of hydrogen-bond acceptors (Lipinski definition) is 4. The first-order chi connectivity index (χ1) is 13.4. The minimum atomic E-state index is -0.694. The molecular weight excluding hydrogens is 431 g/mol. The number of fused-ring (bicyclic) bond motifs is 1. The number of amides is 1. The van der Waals surface area contributed by atoms with Gasteiger partial charge in [0.05, 0.1) is 16.6 Å². The largest absolute Gasteiger partial charge is 0.329 e. The van der Waals surface area contributed by atoms with Crippen molar-refractivity contribution in [2.45, 2.75) is 32.2 Å². The third-order valence-electron chi connectivity index (χ3n) is 4.70. The molecule has 0 saturated heterocycles. The molecule has 1 aromatic carbocycles. The highest BCUT2D eigenvalue weighted by atomic mass is 79.9. The summed E-state index contributed by atoms with van der Waals surface area (Å²) in [6.45, 7) is 2.04. The summed E-state index contributed by atoms with van der Waals surface area (Å²) in [5.41, 5.74) is -0.390. The fourth-order valence-corrected chi connectivity index (χ4v) is 3.47. The molecule has 0 bridgehead atoms. The van der Waals surface area contributed by atoms with Crippen LogP contribution in [0.5, 0.6) is 0 Å². The van der Waals surface area contributed by atoms with E-state index in [1.54, 1.807) is 19.1 Å². The number of benzene rings is 1. The molecule has 1 amide bonds. The van der Waals surface area contributed by atoms with Gasteiger partial charge >= 0.3 is 5.69 Å². The molecule has 144 valence electrons. The van der Waals surface area contributed by atoms with Gasteiger partial charge < -0.3 is 5.32 Å². The van der Waals surface area contributed by atoms with Crippen molar-refractivity contribution < 1.29 is 9.18 Å². The Hall–Kier alpha value is -2.81. The molecule has 1 aliphatic carbocycles. The van der Waals surface area contributed by atoms with E-state index in [-0.39, 0.29) is 34.7 Å². The second kappa shape index (κ2) is 6.97. The summed E-state index contributed by atoms with van der Waals surface area (Å²) in [5.74, 6) is -1.05. The van der Waals surface area contributed by atoms with Crippen molar-refractivity contribution in [2.75, 3.05) is 5.32 Å². The maximum Gasteiger partial charge on any atom is 0.329 e. The maximum absolute atomic E-state index is 14.1. The number of anilines is 1. The second-order valence-corrected chi connectivity index (χ2v) is 7.57. The minimum Gasteiger partial charge on any atom is -0.319 e. The van der Waals surface area contributed by atoms with Crippen LogP contribution >= 0.6 is 15.9 Å². The van der Waals surface area contributed by atoms with Crippen molar-refractivity contribution in [3.63, 3.8) is 0 Å². The Morgan fingerprint density at radius 1 is 1.36 bits per heavy atom. The number of carbonyl (C=O) groups is 1. The van der Waals surface area contributed by atoms with Crippen molar-refractivity contribution in [3.8, 4) is 0 Å². The van der Waals surface area contributed by atoms with E-state index in [4.69, 9.17) is 0 Å². The zero-order valence-corrected chi connectivity index (χ0v) is 16.5. The van der Waals surface area contributed by atoms with E-state index < -0.39 is 23.0 Å². The van der Waals surface area contributed by atoms with E-state index in [9.17, 15) is 18.8 Å². The van der Waals surface area contributed by atoms with Crippen molar-refractivity contribution in [3.05, 3.63) is 66.7 Å². The fourth-order valence-electron chi connectivity index (χ4n) is 3.13. The molecule has 1 fully saturated rings. The Labute approximate surface area is 166 Å². The minimum absolute atomic E-state index is 0.00799. The summed E-state index contributed by atoms with van der Waals surface area (Å²) in [6.07, 6.45) is 1.86. The van der Waals surface area contributed by atoms with Gasteiger partial charge in [-0.25, -0.2) is 14.2 Å². The Morgan fingerprint density at radius 2 is 2.11 bits per heavy atom. The SMILES string of the molecule is CCn1c(=O)[nH]c(=O)c2c(C(=O)Nc3ccc(Br)cc3F)cc(C3CC3)nc21. The first-order valence-corrected chi connectivity index (χ1v) is 9.62. The standard InChI is InChI=1S/C19H16BrFN4O3/c1-2-25-16-15(18(27)24-19(25)28)11(8-14(22-16)9-3-4-9)17(26)23-13-6-5-10(20)7-12(13)21/h5-9H,2-4H2,1H3,(H,23,26)(H,24,27,28). The maximum atomic E-state index is 14.1. The van der Waals surface area contributed by atoms with Crippen LogP contribution in [0.3, 0.4) is 0 Å². The van der Waals surface area contributed by atoms with Gasteiger partial charge in [-0.2, -0.15) is 0 Å². The van der Waals surface area contributed by atoms with Gasteiger partial charge in [-0.15, -0.1) is 0 Å². The van der Waals surface area contributed by atoms with Crippen LogP contribution in [0, 0.1) is 5.82 Å². The summed E-state index contributed by atoms with van der Waals surface area (Å²) in [7, 11) is 0. The molecule has 2 N–H and O–H groups in total. The average Bonchev–Trinajstić information content (AvgIpc) is 3.48. The highest BCUT2D eigenvalue weighted by molar-refractivity contribution is 9.10. The topological polar surface area (TPSA) is 96.9 Å². The van der Waals surface area contributed by atoms with E-state index in [1.807, 2.05) is 0 Å². The summed E-state index contributed by atoms with van der Waals surface area (Å²) >= 11 is 3.17. The van der Waals surface area contributed by atoms with E-state index in [0.29, 0.717) is 10.2 Å². The number of nitrogens with zero attached hydrogens (tertiary/aromatic N) is 2. The molecule has 0 unspecified atom stereocenters. The Balaban J connectivity index is 1.91. The molecule has 0 aliphatic heterocycles. The molecule has 28 heavy (non-hydrogen) atoms. The van der Waals surface area contributed by atoms with Crippen molar-refractivity contribution in [1.82, 2.24) is 14.5 Å². The third-order valence-corrected chi connectivity index (χ3v) is 5.20. The van der Waals surface area contributed by atoms with Crippen LogP contribution in [0.25, 0.3) is 11.0 Å². The van der Waals surface area contributed by atoms with Gasteiger partial charge in [0, 0.05) is 22.6 Å². The van der Waals surface area contributed by atoms with Gasteiger partial charge in [0.25, 0.3) is 11.5 Å². The second-order valence-electron chi connectivity index (χ2n) is 6.65. The zero-order chi connectivity index (χ0) is 20.0. The van der Waals surface area contributed by atoms with Gasteiger partial charge in [-0.05, 0) is 44.0 Å². The van der Waals surface area contributed by atoms with Gasteiger partial charge in [-0.1, -0.05) is 15.9 Å². The van der Waals surface area contributed by atoms with Crippen molar-refractivity contribution >= 4 is 38.6 Å². The lowest BCUT2D eigenvalue weighted by atomic mass is 10.1. The van der Waals surface area contributed by atoms with Crippen LogP contribution in [0.1, 0.15) is 41.7 Å². The number of hydrogen-bond donors (Lipinski definition) is 2. The molecule has 9 heteroatoms. The third kappa shape index (κ3) is 3.26. The summed E-state index contributed by atoms with van der Waals surface area (Å²) in [5, 5.41) is 2.52. The van der Waals surface area contributed by atoms with Crippen LogP contribution in [-0.4, -0.2) is 20.4 Å². The quantitative estimate of drug-likeness (QED) is 0.643. The van der Waals surface area contributed by atoms with E-state index in [1.165, 1.54) is 16.7 Å². The molecular formula is C19H16BrFN4O3. The van der Waals surface area contributed by atoms with Gasteiger partial charge in [0.15, 0.2) is 5.65 Å². The lowest BCUT2D eigenvalue weighted by Crippen LogP contribution is -2.32. The van der Waals surface area contributed by atoms with Gasteiger partial charge in [0.1, 0.15) is 5.82 Å². The van der Waals surface area contributed by atoms with Crippen LogP contribution < -0.4 is 16.6 Å². The van der Waals surface area contributed by atoms with E-state index in [0.717, 1.165) is 12.8 Å². The van der Waals surface area contributed by atoms with Gasteiger partial charge in [0.2, 0.25) is 0 Å². The molecule has 2 aromatic heterocycles. The smallest absolute Gasteiger partial charge is 0.319 e. The van der Waals surface area contributed by atoms with E-state index in [2.05, 4.69) is 31.2 Å². The van der Waals surface area contributed by atoms with Crippen LogP contribution in [0.2, 0.25) is 0 Å². The van der Waals surface area contributed by atoms with Gasteiger partial charge in [-0.3, -0.25) is 19.1 Å². The zero-order valence-electron chi connectivity index (χ0n) is 14.9. The predicted octanol–water partition coefficient (Wildman–Crippen LogP) is 3.14. The lowest BCUT2D eigenvalue weighted by molar-refractivity contribution is 0.102. The molecule has 0 radical (unpaired) electrons. The Bertz CT molecular complexity index is 1230. The molecule has 2 heterocycles. The van der Waals surface area contributed by atoms with Crippen molar-refractivity contribution in [2.24, 2.45) is 0 Å². The number of aromatic nitrogens is 3. The number of carbonyl (C=O) groups excluding carboxylic acids is 1. The highest BCUT2D eigenvalue weighted by Gasteiger charge is 2.28. The predicted molar refractivity (Wildman–Crippen MR) is 106 cm³/mol. The molecule has 3 aromatic rings. The van der Waals surface area contributed by atoms with Crippen LogP contribution in [0.15, 0.2) is 38.3 Å². The number of aromatic amines is 1. The molecule has 7 nitrogen and oxygen atoms in total. The number of nitrogens with one attached hydrogen (secondary N) is 2.